The number of hydrogen-bond acceptors (Lipinski definition) is 3. The summed E-state index contributed by atoms with van der Waals surface area (Å²) in [5.41, 5.74) is 0. The van der Waals surface area contributed by atoms with Crippen molar-refractivity contribution in [2.75, 3.05) is 0 Å². The molecule has 9 heavy (non-hydrogen) atoms. The quantitative estimate of drug-likeness (QED) is 0.634. The molecule has 1 heterocycles. The minimum absolute atomic E-state index is 0.348. The van der Waals surface area contributed by atoms with Crippen molar-refractivity contribution in [3.05, 3.63) is 22.4 Å². The molecule has 0 unspecified atom stereocenters. The molecule has 0 aromatic carbocycles. The van der Waals surface area contributed by atoms with Gasteiger partial charge < -0.3 is 4.74 Å². The first-order valence-electron chi connectivity index (χ1n) is 2.45. The third-order valence-corrected chi connectivity index (χ3v) is 1.70. The summed E-state index contributed by atoms with van der Waals surface area (Å²) in [5.74, 6) is 0. The lowest BCUT2D eigenvalue weighted by Crippen LogP contribution is -1.84. The van der Waals surface area contributed by atoms with Crippen molar-refractivity contribution in [1.82, 2.24) is 0 Å². The fourth-order valence-corrected chi connectivity index (χ4v) is 1.11. The minimum atomic E-state index is 0.348. The zero-order valence-corrected chi connectivity index (χ0v) is 5.48. The Balaban J connectivity index is 2.38. The maximum atomic E-state index is 9.56. The summed E-state index contributed by atoms with van der Waals surface area (Å²) in [7, 11) is 0. The molecule has 0 amide bonds. The molecule has 0 bridgehead atoms. The van der Waals surface area contributed by atoms with Gasteiger partial charge in [0.15, 0.2) is 0 Å². The third kappa shape index (κ3) is 1.85. The van der Waals surface area contributed by atoms with E-state index in [-0.39, 0.29) is 0 Å². The molecule has 0 saturated heterocycles. The van der Waals surface area contributed by atoms with Crippen molar-refractivity contribution < 1.29 is 9.53 Å². The average molecular weight is 141 g/mol. The van der Waals surface area contributed by atoms with Gasteiger partial charge in [0.1, 0.15) is 6.61 Å². The second-order valence-corrected chi connectivity index (χ2v) is 2.48. The highest BCUT2D eigenvalue weighted by Gasteiger charge is 1.90. The van der Waals surface area contributed by atoms with E-state index in [9.17, 15) is 4.79 Å². The second kappa shape index (κ2) is 3.25. The van der Waals surface area contributed by atoms with Gasteiger partial charge in [-0.15, -0.1) is 11.3 Å². The van der Waals surface area contributed by atoms with E-state index in [4.69, 9.17) is 0 Å². The van der Waals surface area contributed by atoms with E-state index in [0.29, 0.717) is 6.61 Å². The first kappa shape index (κ1) is 6.29. The average Bonchev–Trinajstić information content (AvgIpc) is 2.34. The first-order valence-corrected chi connectivity index (χ1v) is 3.33. The Kier molecular flexibility index (Phi) is 2.27. The summed E-state index contributed by atoms with van der Waals surface area (Å²) >= 11 is 1.56. The number of ether oxygens (including phenoxy) is 1. The van der Waals surface area contributed by atoms with Crippen molar-refractivity contribution >= 4 is 17.8 Å². The van der Waals surface area contributed by atoms with Crippen LogP contribution in [0.1, 0.15) is 4.88 Å². The molecule has 0 fully saturated rings. The van der Waals surface area contributed by atoms with Gasteiger partial charge in [-0.3, -0.25) is 0 Å². The van der Waals surface area contributed by atoms with Gasteiger partial charge >= 0.3 is 6.47 Å². The standard InChI is InChI=1S/C6H5O2S/c7-5-8-4-6-2-1-3-9-6/h1-3H,4H2. The summed E-state index contributed by atoms with van der Waals surface area (Å²) in [6, 6.07) is 3.82. The van der Waals surface area contributed by atoms with Crippen LogP contribution in [0.4, 0.5) is 0 Å². The maximum absolute atomic E-state index is 9.56. The van der Waals surface area contributed by atoms with Crippen molar-refractivity contribution in [3.8, 4) is 0 Å². The van der Waals surface area contributed by atoms with E-state index in [1.807, 2.05) is 17.5 Å². The largest absolute Gasteiger partial charge is 0.452 e. The van der Waals surface area contributed by atoms with Gasteiger partial charge in [-0.25, -0.2) is 4.79 Å². The van der Waals surface area contributed by atoms with Crippen LogP contribution in [-0.4, -0.2) is 6.47 Å². The number of hydrogen-bond donors (Lipinski definition) is 0. The molecular formula is C6H5O2S. The fourth-order valence-electron chi connectivity index (χ4n) is 0.495. The molecule has 1 aromatic heterocycles. The van der Waals surface area contributed by atoms with Crippen molar-refractivity contribution in [1.29, 1.82) is 0 Å². The van der Waals surface area contributed by atoms with Gasteiger partial charge in [-0.2, -0.15) is 0 Å². The molecule has 0 spiro atoms. The van der Waals surface area contributed by atoms with Crippen LogP contribution in [0.3, 0.4) is 0 Å². The van der Waals surface area contributed by atoms with E-state index in [1.54, 1.807) is 11.3 Å². The maximum Gasteiger partial charge on any atom is 0.417 e. The second-order valence-electron chi connectivity index (χ2n) is 1.45. The lowest BCUT2D eigenvalue weighted by atomic mass is 10.5. The van der Waals surface area contributed by atoms with Crippen LogP contribution in [0.2, 0.25) is 0 Å². The molecule has 0 aliphatic heterocycles. The number of carbonyl (C=O) groups excluding carboxylic acids is 1. The Hall–Kier alpha value is -0.830. The summed E-state index contributed by atoms with van der Waals surface area (Å²) in [4.78, 5) is 10.6. The zero-order valence-electron chi connectivity index (χ0n) is 4.66. The molecule has 3 heteroatoms. The van der Waals surface area contributed by atoms with Gasteiger partial charge in [0, 0.05) is 4.88 Å². The van der Waals surface area contributed by atoms with E-state index in [2.05, 4.69) is 4.74 Å². The molecule has 1 aromatic rings. The van der Waals surface area contributed by atoms with E-state index < -0.39 is 0 Å². The Labute approximate surface area is 57.1 Å². The Morgan fingerprint density at radius 1 is 1.78 bits per heavy atom. The van der Waals surface area contributed by atoms with Gasteiger partial charge in [0.2, 0.25) is 0 Å². The molecule has 0 N–H and O–H groups in total. The fraction of sp³-hybridized carbons (Fsp3) is 0.167. The van der Waals surface area contributed by atoms with E-state index >= 15 is 0 Å². The van der Waals surface area contributed by atoms with Crippen LogP contribution >= 0.6 is 11.3 Å². The summed E-state index contributed by atoms with van der Waals surface area (Å²) in [5, 5.41) is 1.93. The lowest BCUT2D eigenvalue weighted by Gasteiger charge is -1.88. The highest BCUT2D eigenvalue weighted by molar-refractivity contribution is 7.09. The summed E-state index contributed by atoms with van der Waals surface area (Å²) in [6.45, 7) is 1.71. The van der Waals surface area contributed by atoms with Crippen molar-refractivity contribution in [2.24, 2.45) is 0 Å². The minimum Gasteiger partial charge on any atom is -0.452 e. The van der Waals surface area contributed by atoms with Gasteiger partial charge in [0.25, 0.3) is 0 Å². The predicted molar refractivity (Wildman–Crippen MR) is 34.8 cm³/mol. The van der Waals surface area contributed by atoms with Gasteiger partial charge in [0.05, 0.1) is 0 Å². The SMILES string of the molecule is O=[C]OCc1cccs1. The van der Waals surface area contributed by atoms with Gasteiger partial charge in [-0.1, -0.05) is 6.07 Å². The molecule has 1 radical (unpaired) electrons. The first-order chi connectivity index (χ1) is 4.43. The van der Waals surface area contributed by atoms with E-state index in [1.165, 1.54) is 6.47 Å². The summed E-state index contributed by atoms with van der Waals surface area (Å²) < 4.78 is 4.38. The van der Waals surface area contributed by atoms with Crippen LogP contribution in [0.5, 0.6) is 0 Å². The molecular weight excluding hydrogens is 136 g/mol. The third-order valence-electron chi connectivity index (χ3n) is 0.853. The van der Waals surface area contributed by atoms with Crippen molar-refractivity contribution in [3.63, 3.8) is 0 Å². The molecule has 47 valence electrons. The van der Waals surface area contributed by atoms with Crippen LogP contribution in [0, 0.1) is 0 Å². The smallest absolute Gasteiger partial charge is 0.417 e. The van der Waals surface area contributed by atoms with Gasteiger partial charge in [-0.05, 0) is 11.4 Å². The zero-order chi connectivity index (χ0) is 6.53. The molecule has 0 atom stereocenters. The van der Waals surface area contributed by atoms with Crippen LogP contribution in [0.15, 0.2) is 17.5 Å². The highest BCUT2D eigenvalue weighted by atomic mass is 32.1. The molecule has 2 nitrogen and oxygen atoms in total. The number of thiophene rings is 1. The van der Waals surface area contributed by atoms with Crippen molar-refractivity contribution in [2.45, 2.75) is 6.61 Å². The Morgan fingerprint density at radius 2 is 2.67 bits per heavy atom. The normalized spacial score (nSPS) is 8.89. The predicted octanol–water partition coefficient (Wildman–Crippen LogP) is 1.33. The molecule has 1 rings (SSSR count). The monoisotopic (exact) mass is 141 g/mol. The molecule has 0 aliphatic rings. The van der Waals surface area contributed by atoms with Crippen LogP contribution in [-0.2, 0) is 16.1 Å². The topological polar surface area (TPSA) is 26.3 Å². The highest BCUT2D eigenvalue weighted by Crippen LogP contribution is 2.08. The Bertz CT molecular complexity index is 169. The van der Waals surface area contributed by atoms with Crippen LogP contribution in [0.25, 0.3) is 0 Å². The Morgan fingerprint density at radius 3 is 3.22 bits per heavy atom. The number of rotatable bonds is 3. The molecule has 0 aliphatic carbocycles. The summed E-state index contributed by atoms with van der Waals surface area (Å²) in [6.07, 6.45) is 0. The lowest BCUT2D eigenvalue weighted by molar-refractivity contribution is 0.270. The molecule has 0 saturated carbocycles. The van der Waals surface area contributed by atoms with E-state index in [0.717, 1.165) is 4.88 Å². The van der Waals surface area contributed by atoms with Crippen LogP contribution < -0.4 is 0 Å².